The molecule has 0 spiro atoms. The molecule has 0 aliphatic rings. The Morgan fingerprint density at radius 1 is 0.851 bits per heavy atom. The van der Waals surface area contributed by atoms with Crippen molar-refractivity contribution in [1.82, 2.24) is 14.5 Å². The van der Waals surface area contributed by atoms with E-state index in [1.165, 1.54) is 38.5 Å². The summed E-state index contributed by atoms with van der Waals surface area (Å²) in [6.45, 7) is 14.0. The predicted octanol–water partition coefficient (Wildman–Crippen LogP) is 10.9. The molecule has 4 aromatic carbocycles. The Morgan fingerprint density at radius 3 is 2.09 bits per heavy atom. The Balaban J connectivity index is 0.000000242. The summed E-state index contributed by atoms with van der Waals surface area (Å²) in [4.78, 5) is 21.9. The summed E-state index contributed by atoms with van der Waals surface area (Å²) in [6.07, 6.45) is 4.75. The van der Waals surface area contributed by atoms with Crippen molar-refractivity contribution in [2.75, 3.05) is 0 Å². The third-order valence-electron chi connectivity index (χ3n) is 10.4. The van der Waals surface area contributed by atoms with Crippen LogP contribution in [-0.4, -0.2) is 25.4 Å². The van der Waals surface area contributed by atoms with Crippen LogP contribution in [0.15, 0.2) is 84.6 Å². The van der Waals surface area contributed by atoms with Crippen LogP contribution < -0.4 is 0 Å². The van der Waals surface area contributed by atoms with Crippen LogP contribution in [0.5, 0.6) is 0 Å². The molecule has 0 atom stereocenters. The average Bonchev–Trinajstić information content (AvgIpc) is 3.38. The molecule has 0 saturated heterocycles. The van der Waals surface area contributed by atoms with Crippen molar-refractivity contribution < 1.29 is 30.0 Å². The zero-order valence-electron chi connectivity index (χ0n) is 28.9. The maximum atomic E-state index is 12.2. The number of aromatic nitrogens is 3. The fourth-order valence-electron chi connectivity index (χ4n) is 6.10. The quantitative estimate of drug-likeness (QED) is 0.0945. The van der Waals surface area contributed by atoms with Gasteiger partial charge in [0, 0.05) is 55.1 Å². The van der Waals surface area contributed by atoms with Crippen LogP contribution in [0.3, 0.4) is 0 Å². The van der Waals surface area contributed by atoms with E-state index in [1.807, 2.05) is 54.5 Å². The molecule has 0 unspecified atom stereocenters. The number of aliphatic hydroxyl groups excluding tert-OH is 1. The van der Waals surface area contributed by atoms with E-state index in [2.05, 4.69) is 84.4 Å². The van der Waals surface area contributed by atoms with Crippen LogP contribution in [0.25, 0.3) is 54.7 Å². The van der Waals surface area contributed by atoms with Crippen LogP contribution in [0.2, 0.25) is 0 Å². The standard InChI is InChI=1S/C26H18N3.C15H28O2.Ir/c1-16-27-24(20-12-11-17-7-3-4-9-19(17)15-20)26-25(28-16)23-21-10-6-5-8-18(21)13-14-22(23)29(26)2;1-7-14(5,8-2)12(16)11-13(17)15(6,9-3)10-4;/h3-11,13-15H,1-2H3;11,16H,7-10H2,1-6H3;/q-1;;/b;12-11-;. The number of allylic oxidation sites excluding steroid dienone is 2. The summed E-state index contributed by atoms with van der Waals surface area (Å²) in [5, 5.41) is 16.1. The number of benzene rings is 4. The summed E-state index contributed by atoms with van der Waals surface area (Å²) < 4.78 is 2.22. The van der Waals surface area contributed by atoms with E-state index in [1.54, 1.807) is 0 Å². The molecule has 247 valence electrons. The molecule has 0 bridgehead atoms. The van der Waals surface area contributed by atoms with Gasteiger partial charge in [-0.3, -0.25) is 9.78 Å². The van der Waals surface area contributed by atoms with Gasteiger partial charge in [0.2, 0.25) is 0 Å². The minimum atomic E-state index is -0.337. The third-order valence-corrected chi connectivity index (χ3v) is 10.4. The number of hydrogen-bond acceptors (Lipinski definition) is 4. The summed E-state index contributed by atoms with van der Waals surface area (Å²) in [6, 6.07) is 28.9. The average molecular weight is 805 g/mol. The second-order valence-electron chi connectivity index (χ2n) is 13.0. The molecule has 2 aromatic heterocycles. The topological polar surface area (TPSA) is 68.0 Å². The molecule has 47 heavy (non-hydrogen) atoms. The number of nitrogens with zero attached hydrogens (tertiary/aromatic N) is 3. The van der Waals surface area contributed by atoms with E-state index >= 15 is 0 Å². The first kappa shape index (κ1) is 36.0. The second-order valence-corrected chi connectivity index (χ2v) is 13.0. The summed E-state index contributed by atoms with van der Waals surface area (Å²) in [5.41, 5.74) is 4.54. The third kappa shape index (κ3) is 6.77. The van der Waals surface area contributed by atoms with Gasteiger partial charge in [-0.25, -0.2) is 4.98 Å². The molecule has 6 rings (SSSR count). The summed E-state index contributed by atoms with van der Waals surface area (Å²) in [7, 11) is 2.10. The van der Waals surface area contributed by atoms with E-state index in [0.29, 0.717) is 0 Å². The molecule has 1 N–H and O–H groups in total. The van der Waals surface area contributed by atoms with Crippen molar-refractivity contribution >= 4 is 49.3 Å². The number of ketones is 1. The Morgan fingerprint density at radius 2 is 1.45 bits per heavy atom. The molecule has 1 radical (unpaired) electrons. The Bertz CT molecular complexity index is 2080. The van der Waals surface area contributed by atoms with Gasteiger partial charge >= 0.3 is 0 Å². The van der Waals surface area contributed by atoms with Gasteiger partial charge in [0.15, 0.2) is 5.78 Å². The molecular formula is C41H46IrN3O2-. The molecule has 6 aromatic rings. The number of aryl methyl sites for hydroxylation is 2. The van der Waals surface area contributed by atoms with Crippen LogP contribution in [0.1, 0.15) is 73.1 Å². The molecule has 0 aliphatic heterocycles. The zero-order chi connectivity index (χ0) is 33.2. The van der Waals surface area contributed by atoms with E-state index in [4.69, 9.17) is 9.97 Å². The van der Waals surface area contributed by atoms with Crippen molar-refractivity contribution in [2.45, 2.75) is 74.1 Å². The van der Waals surface area contributed by atoms with Crippen LogP contribution in [0, 0.1) is 23.8 Å². The molecule has 0 aliphatic carbocycles. The van der Waals surface area contributed by atoms with Crippen LogP contribution in [0.4, 0.5) is 0 Å². The monoisotopic (exact) mass is 805 g/mol. The molecule has 2 heterocycles. The Hall–Kier alpha value is -3.86. The number of fused-ring (bicyclic) bond motifs is 6. The normalized spacial score (nSPS) is 12.3. The van der Waals surface area contributed by atoms with Crippen molar-refractivity contribution in [3.8, 4) is 11.3 Å². The number of hydrogen-bond donors (Lipinski definition) is 1. The predicted molar refractivity (Wildman–Crippen MR) is 193 cm³/mol. The molecular weight excluding hydrogens is 759 g/mol. The van der Waals surface area contributed by atoms with Crippen molar-refractivity contribution in [1.29, 1.82) is 0 Å². The van der Waals surface area contributed by atoms with Crippen molar-refractivity contribution in [3.63, 3.8) is 0 Å². The van der Waals surface area contributed by atoms with Gasteiger partial charge in [-0.15, -0.1) is 29.1 Å². The van der Waals surface area contributed by atoms with Gasteiger partial charge in [0.05, 0.1) is 16.6 Å². The first-order valence-corrected chi connectivity index (χ1v) is 16.5. The maximum Gasteiger partial charge on any atom is 0.164 e. The van der Waals surface area contributed by atoms with Crippen molar-refractivity contribution in [2.24, 2.45) is 17.9 Å². The molecule has 0 saturated carbocycles. The second kappa shape index (κ2) is 14.5. The van der Waals surface area contributed by atoms with E-state index < -0.39 is 0 Å². The van der Waals surface area contributed by atoms with Gasteiger partial charge < -0.3 is 9.67 Å². The SMILES string of the molecule is CCC(C)(CC)C(=O)/C=C(\O)C(C)(CC)CC.Cc1nc(-c2[c-]cc3ccccc3c2)c2c(n1)c1c3ccccc3ccc1n2C.[Ir]. The van der Waals surface area contributed by atoms with E-state index in [-0.39, 0.29) is 42.5 Å². The largest absolute Gasteiger partial charge is 0.512 e. The Labute approximate surface area is 292 Å². The smallest absolute Gasteiger partial charge is 0.164 e. The molecule has 6 heteroatoms. The van der Waals surface area contributed by atoms with Crippen LogP contribution in [-0.2, 0) is 31.9 Å². The molecule has 0 amide bonds. The van der Waals surface area contributed by atoms with E-state index in [0.717, 1.165) is 53.8 Å². The van der Waals surface area contributed by atoms with E-state index in [9.17, 15) is 9.90 Å². The number of carbonyl (C=O) groups is 1. The van der Waals surface area contributed by atoms with Crippen molar-refractivity contribution in [3.05, 3.63) is 96.5 Å². The number of carbonyl (C=O) groups excluding carboxylic acids is 1. The fraction of sp³-hybridized carbons (Fsp3) is 0.341. The molecule has 0 fully saturated rings. The first-order valence-electron chi connectivity index (χ1n) is 16.5. The summed E-state index contributed by atoms with van der Waals surface area (Å²) in [5.74, 6) is 1.06. The minimum absolute atomic E-state index is 0. The zero-order valence-corrected chi connectivity index (χ0v) is 31.3. The molecule has 5 nitrogen and oxygen atoms in total. The van der Waals surface area contributed by atoms with Gasteiger partial charge in [-0.05, 0) is 49.4 Å². The number of aliphatic hydroxyl groups is 1. The van der Waals surface area contributed by atoms with Gasteiger partial charge in [0.25, 0.3) is 0 Å². The fourth-order valence-corrected chi connectivity index (χ4v) is 6.10. The minimum Gasteiger partial charge on any atom is -0.512 e. The summed E-state index contributed by atoms with van der Waals surface area (Å²) >= 11 is 0. The number of rotatable bonds is 8. The van der Waals surface area contributed by atoms with Gasteiger partial charge in [-0.1, -0.05) is 102 Å². The maximum absolute atomic E-state index is 12.2. The first-order chi connectivity index (χ1) is 22.0. The van der Waals surface area contributed by atoms with Gasteiger partial charge in [0.1, 0.15) is 11.6 Å². The van der Waals surface area contributed by atoms with Crippen LogP contribution >= 0.6 is 0 Å². The Kier molecular flexibility index (Phi) is 11.1. The van der Waals surface area contributed by atoms with Gasteiger partial charge in [-0.2, -0.15) is 0 Å².